The van der Waals surface area contributed by atoms with Crippen LogP contribution in [0, 0.1) is 0 Å². The molecule has 5 nitrogen and oxygen atoms in total. The van der Waals surface area contributed by atoms with E-state index in [2.05, 4.69) is 21.7 Å². The summed E-state index contributed by atoms with van der Waals surface area (Å²) in [6.07, 6.45) is 4.52. The van der Waals surface area contributed by atoms with Crippen LogP contribution in [0.5, 0.6) is 0 Å². The average Bonchev–Trinajstić information content (AvgIpc) is 2.46. The van der Waals surface area contributed by atoms with Crippen molar-refractivity contribution < 1.29 is 9.90 Å². The highest BCUT2D eigenvalue weighted by Gasteiger charge is 2.13. The van der Waals surface area contributed by atoms with E-state index in [1.165, 1.54) is 6.92 Å². The molecule has 0 bridgehead atoms. The Labute approximate surface area is 129 Å². The Bertz CT molecular complexity index is 546. The number of carbonyl (C=O) groups excluding carboxylic acids is 1. The van der Waals surface area contributed by atoms with E-state index in [0.717, 1.165) is 36.3 Å². The van der Waals surface area contributed by atoms with Crippen molar-refractivity contribution in [1.29, 1.82) is 0 Å². The largest absolute Gasteiger partial charge is 0.391 e. The fraction of sp³-hybridized carbons (Fsp3) is 0.467. The number of hydrogen-bond donors (Lipinski definition) is 3. The van der Waals surface area contributed by atoms with Crippen molar-refractivity contribution >= 4 is 23.1 Å². The van der Waals surface area contributed by atoms with Crippen molar-refractivity contribution in [3.63, 3.8) is 0 Å². The molecule has 6 heteroatoms. The van der Waals surface area contributed by atoms with Gasteiger partial charge in [-0.1, -0.05) is 17.7 Å². The smallest absolute Gasteiger partial charge is 0.216 e. The Morgan fingerprint density at radius 2 is 2.43 bits per heavy atom. The summed E-state index contributed by atoms with van der Waals surface area (Å²) in [5.41, 5.74) is 2.83. The zero-order valence-electron chi connectivity index (χ0n) is 12.0. The molecular weight excluding hydrogens is 290 g/mol. The maximum atomic E-state index is 10.8. The Balaban J connectivity index is 2.01. The molecule has 0 saturated heterocycles. The number of pyridine rings is 1. The number of aromatic nitrogens is 1. The number of amides is 1. The summed E-state index contributed by atoms with van der Waals surface area (Å²) in [5.74, 6) is -0.154. The van der Waals surface area contributed by atoms with Crippen molar-refractivity contribution in [1.82, 2.24) is 15.6 Å². The van der Waals surface area contributed by atoms with Gasteiger partial charge in [-0.25, -0.2) is 0 Å². The number of rotatable bonds is 5. The van der Waals surface area contributed by atoms with E-state index in [-0.39, 0.29) is 12.5 Å². The quantitative estimate of drug-likeness (QED) is 0.763. The van der Waals surface area contributed by atoms with Crippen LogP contribution < -0.4 is 10.6 Å². The van der Waals surface area contributed by atoms with Gasteiger partial charge < -0.3 is 15.7 Å². The predicted octanol–water partition coefficient (Wildman–Crippen LogP) is 1.15. The zero-order valence-corrected chi connectivity index (χ0v) is 12.8. The molecular formula is C15H20ClN3O2. The lowest BCUT2D eigenvalue weighted by Crippen LogP contribution is -2.31. The normalized spacial score (nSPS) is 16.2. The molecule has 0 aromatic carbocycles. The van der Waals surface area contributed by atoms with Crippen molar-refractivity contribution in [2.75, 3.05) is 19.6 Å². The molecule has 2 rings (SSSR count). The van der Waals surface area contributed by atoms with Gasteiger partial charge in [0.05, 0.1) is 16.8 Å². The highest BCUT2D eigenvalue weighted by Crippen LogP contribution is 2.26. The van der Waals surface area contributed by atoms with Crippen LogP contribution in [0.25, 0.3) is 5.57 Å². The Hall–Kier alpha value is -1.43. The molecule has 3 N–H and O–H groups in total. The van der Waals surface area contributed by atoms with Crippen molar-refractivity contribution in [3.8, 4) is 0 Å². The third-order valence-corrected chi connectivity index (χ3v) is 3.61. The lowest BCUT2D eigenvalue weighted by atomic mass is 10.0. The SMILES string of the molecule is CC(=O)NC[C@@H](O)Cc1cnc(C2=CCNCC2)c(Cl)c1. The van der Waals surface area contributed by atoms with Crippen LogP contribution >= 0.6 is 11.6 Å². The topological polar surface area (TPSA) is 74.2 Å². The van der Waals surface area contributed by atoms with Crippen LogP contribution in [-0.2, 0) is 11.2 Å². The molecule has 1 amide bonds. The van der Waals surface area contributed by atoms with Crippen molar-refractivity contribution in [3.05, 3.63) is 34.6 Å². The number of aliphatic hydroxyl groups is 1. The van der Waals surface area contributed by atoms with E-state index in [0.29, 0.717) is 11.4 Å². The second kappa shape index (κ2) is 7.54. The first kappa shape index (κ1) is 15.9. The van der Waals surface area contributed by atoms with Gasteiger partial charge in [0.1, 0.15) is 0 Å². The molecule has 0 unspecified atom stereocenters. The van der Waals surface area contributed by atoms with Gasteiger partial charge >= 0.3 is 0 Å². The third-order valence-electron chi connectivity index (χ3n) is 3.32. The molecule has 0 radical (unpaired) electrons. The summed E-state index contributed by atoms with van der Waals surface area (Å²) in [6.45, 7) is 3.42. The van der Waals surface area contributed by atoms with E-state index >= 15 is 0 Å². The molecule has 1 aliphatic rings. The highest BCUT2D eigenvalue weighted by molar-refractivity contribution is 6.32. The fourth-order valence-corrected chi connectivity index (χ4v) is 2.58. The number of halogens is 1. The van der Waals surface area contributed by atoms with Crippen LogP contribution in [0.2, 0.25) is 5.02 Å². The maximum Gasteiger partial charge on any atom is 0.216 e. The van der Waals surface area contributed by atoms with Crippen LogP contribution in [0.4, 0.5) is 0 Å². The summed E-state index contributed by atoms with van der Waals surface area (Å²) in [5, 5.41) is 16.3. The molecule has 0 saturated carbocycles. The number of nitrogens with one attached hydrogen (secondary N) is 2. The minimum atomic E-state index is -0.643. The minimum Gasteiger partial charge on any atom is -0.391 e. The van der Waals surface area contributed by atoms with Gasteiger partial charge in [-0.2, -0.15) is 0 Å². The lowest BCUT2D eigenvalue weighted by Gasteiger charge is -2.16. The molecule has 1 aromatic heterocycles. The standard InChI is InChI=1S/C15H20ClN3O2/c1-10(20)18-9-13(21)6-11-7-14(16)15(19-8-11)12-2-4-17-5-3-12/h2,7-8,13,17,21H,3-6,9H2,1H3,(H,18,20)/t13-/m0/s1. The summed E-state index contributed by atoms with van der Waals surface area (Å²) in [7, 11) is 0. The number of nitrogens with zero attached hydrogens (tertiary/aromatic N) is 1. The Kier molecular flexibility index (Phi) is 5.73. The van der Waals surface area contributed by atoms with Gasteiger partial charge in [-0.15, -0.1) is 0 Å². The Morgan fingerprint density at radius 1 is 1.62 bits per heavy atom. The van der Waals surface area contributed by atoms with Crippen molar-refractivity contribution in [2.45, 2.75) is 25.9 Å². The second-order valence-corrected chi connectivity index (χ2v) is 5.56. The number of aliphatic hydroxyl groups excluding tert-OH is 1. The van der Waals surface area contributed by atoms with E-state index in [1.807, 2.05) is 6.07 Å². The molecule has 0 spiro atoms. The third kappa shape index (κ3) is 4.81. The first-order valence-electron chi connectivity index (χ1n) is 7.03. The second-order valence-electron chi connectivity index (χ2n) is 5.15. The van der Waals surface area contributed by atoms with Gasteiger partial charge in [0.2, 0.25) is 5.91 Å². The summed E-state index contributed by atoms with van der Waals surface area (Å²) in [4.78, 5) is 15.2. The molecule has 0 fully saturated rings. The van der Waals surface area contributed by atoms with Crippen LogP contribution in [0.3, 0.4) is 0 Å². The number of carbonyl (C=O) groups is 1. The summed E-state index contributed by atoms with van der Waals surface area (Å²) < 4.78 is 0. The van der Waals surface area contributed by atoms with Gasteiger partial charge in [0.25, 0.3) is 0 Å². The predicted molar refractivity (Wildman–Crippen MR) is 83.1 cm³/mol. The fourth-order valence-electron chi connectivity index (χ4n) is 2.27. The van der Waals surface area contributed by atoms with E-state index in [4.69, 9.17) is 11.6 Å². The lowest BCUT2D eigenvalue weighted by molar-refractivity contribution is -0.119. The van der Waals surface area contributed by atoms with Crippen LogP contribution in [-0.4, -0.2) is 41.7 Å². The maximum absolute atomic E-state index is 10.8. The summed E-state index contributed by atoms with van der Waals surface area (Å²) >= 11 is 6.30. The molecule has 1 aromatic rings. The van der Waals surface area contributed by atoms with Gasteiger partial charge in [-0.05, 0) is 30.2 Å². The van der Waals surface area contributed by atoms with Crippen LogP contribution in [0.15, 0.2) is 18.3 Å². The molecule has 114 valence electrons. The van der Waals surface area contributed by atoms with Crippen molar-refractivity contribution in [2.24, 2.45) is 0 Å². The monoisotopic (exact) mass is 309 g/mol. The van der Waals surface area contributed by atoms with E-state index in [9.17, 15) is 9.90 Å². The molecule has 2 heterocycles. The zero-order chi connectivity index (χ0) is 15.2. The van der Waals surface area contributed by atoms with Gasteiger partial charge in [0.15, 0.2) is 0 Å². The van der Waals surface area contributed by atoms with Gasteiger partial charge in [-0.3, -0.25) is 9.78 Å². The molecule has 21 heavy (non-hydrogen) atoms. The highest BCUT2D eigenvalue weighted by atomic mass is 35.5. The Morgan fingerprint density at radius 3 is 3.05 bits per heavy atom. The molecule has 0 aliphatic carbocycles. The first-order chi connectivity index (χ1) is 10.1. The average molecular weight is 310 g/mol. The van der Waals surface area contributed by atoms with Crippen LogP contribution in [0.1, 0.15) is 24.6 Å². The van der Waals surface area contributed by atoms with E-state index in [1.54, 1.807) is 6.20 Å². The van der Waals surface area contributed by atoms with E-state index < -0.39 is 6.10 Å². The van der Waals surface area contributed by atoms with Gasteiger partial charge in [0, 0.05) is 32.6 Å². The minimum absolute atomic E-state index is 0.154. The number of hydrogen-bond acceptors (Lipinski definition) is 4. The molecule has 1 aliphatic heterocycles. The molecule has 1 atom stereocenters. The first-order valence-corrected chi connectivity index (χ1v) is 7.41. The summed E-state index contributed by atoms with van der Waals surface area (Å²) in [6, 6.07) is 1.84.